The van der Waals surface area contributed by atoms with Gasteiger partial charge in [0.15, 0.2) is 5.75 Å². The van der Waals surface area contributed by atoms with Crippen molar-refractivity contribution in [3.8, 4) is 5.75 Å². The number of thiophene rings is 1. The lowest BCUT2D eigenvalue weighted by Gasteiger charge is -2.42. The Morgan fingerprint density at radius 1 is 1.25 bits per heavy atom. The molecule has 1 saturated heterocycles. The minimum Gasteiger partial charge on any atom is -0.433 e. The Bertz CT molecular complexity index is 1210. The third kappa shape index (κ3) is 7.68. The van der Waals surface area contributed by atoms with E-state index in [1.54, 1.807) is 18.2 Å². The van der Waals surface area contributed by atoms with Crippen LogP contribution in [0.25, 0.3) is 0 Å². The molecule has 0 spiro atoms. The van der Waals surface area contributed by atoms with E-state index in [0.717, 1.165) is 30.6 Å². The van der Waals surface area contributed by atoms with Gasteiger partial charge in [-0.3, -0.25) is 19.3 Å². The average Bonchev–Trinajstić information content (AvgIpc) is 3.30. The number of morpholine rings is 1. The summed E-state index contributed by atoms with van der Waals surface area (Å²) >= 11 is 7.11. The van der Waals surface area contributed by atoms with Crippen LogP contribution in [-0.4, -0.2) is 74.2 Å². The van der Waals surface area contributed by atoms with E-state index in [1.165, 1.54) is 17.0 Å². The fraction of sp³-hybridized carbons (Fsp3) is 0.519. The fourth-order valence-electron chi connectivity index (χ4n) is 4.73. The Morgan fingerprint density at radius 2 is 2.02 bits per heavy atom. The van der Waals surface area contributed by atoms with Crippen LogP contribution in [-0.2, 0) is 14.3 Å². The number of hydrogen-bond donors (Lipinski definition) is 2. The van der Waals surface area contributed by atoms with Gasteiger partial charge in [0.1, 0.15) is 12.6 Å². The smallest absolute Gasteiger partial charge is 0.387 e. The molecule has 1 aliphatic heterocycles. The zero-order chi connectivity index (χ0) is 28.8. The van der Waals surface area contributed by atoms with Crippen molar-refractivity contribution in [3.63, 3.8) is 0 Å². The number of amides is 3. The van der Waals surface area contributed by atoms with Gasteiger partial charge in [-0.2, -0.15) is 8.78 Å². The van der Waals surface area contributed by atoms with E-state index in [0.29, 0.717) is 28.1 Å². The van der Waals surface area contributed by atoms with Crippen molar-refractivity contribution in [2.75, 3.05) is 43.1 Å². The molecule has 2 aliphatic rings. The van der Waals surface area contributed by atoms with Crippen LogP contribution in [0.1, 0.15) is 42.8 Å². The normalized spacial score (nSPS) is 16.8. The summed E-state index contributed by atoms with van der Waals surface area (Å²) in [5.74, 6) is -1.15. The average molecular weight is 599 g/mol. The number of benzene rings is 1. The van der Waals surface area contributed by atoms with E-state index in [-0.39, 0.29) is 54.9 Å². The second-order valence-electron chi connectivity index (χ2n) is 10.2. The van der Waals surface area contributed by atoms with E-state index in [4.69, 9.17) is 21.1 Å². The molecule has 0 radical (unpaired) electrons. The lowest BCUT2D eigenvalue weighted by atomic mass is 9.89. The van der Waals surface area contributed by atoms with Crippen molar-refractivity contribution in [2.45, 2.75) is 51.8 Å². The summed E-state index contributed by atoms with van der Waals surface area (Å²) in [5, 5.41) is 5.59. The van der Waals surface area contributed by atoms with Gasteiger partial charge in [-0.15, -0.1) is 11.3 Å². The third-order valence-corrected chi connectivity index (χ3v) is 8.04. The second kappa shape index (κ2) is 13.7. The molecule has 2 fully saturated rings. The van der Waals surface area contributed by atoms with E-state index in [1.807, 2.05) is 13.8 Å². The highest BCUT2D eigenvalue weighted by molar-refractivity contribution is 7.18. The predicted octanol–water partition coefficient (Wildman–Crippen LogP) is 4.61. The van der Waals surface area contributed by atoms with Crippen molar-refractivity contribution in [1.82, 2.24) is 10.2 Å². The maximum atomic E-state index is 13.8. The molecule has 1 aromatic carbocycles. The molecule has 0 bridgehead atoms. The minimum atomic E-state index is -3.15. The Labute approximate surface area is 240 Å². The molecule has 1 saturated carbocycles. The third-order valence-electron chi connectivity index (χ3n) is 6.81. The summed E-state index contributed by atoms with van der Waals surface area (Å²) in [5.41, 5.74) is 0.394. The summed E-state index contributed by atoms with van der Waals surface area (Å²) in [4.78, 5) is 42.7. The van der Waals surface area contributed by atoms with Crippen LogP contribution >= 0.6 is 22.9 Å². The van der Waals surface area contributed by atoms with Crippen molar-refractivity contribution in [2.24, 2.45) is 5.92 Å². The Hall–Kier alpha value is -2.80. The van der Waals surface area contributed by atoms with Crippen LogP contribution in [0.5, 0.6) is 5.75 Å². The first-order chi connectivity index (χ1) is 19.1. The number of rotatable bonds is 12. The van der Waals surface area contributed by atoms with Gasteiger partial charge >= 0.3 is 6.61 Å². The lowest BCUT2D eigenvalue weighted by molar-refractivity contribution is -0.125. The molecule has 0 unspecified atom stereocenters. The van der Waals surface area contributed by atoms with E-state index >= 15 is 0 Å². The summed E-state index contributed by atoms with van der Waals surface area (Å²) in [6.07, 6.45) is 2.89. The molecule has 9 nitrogen and oxygen atoms in total. The topological polar surface area (TPSA) is 100 Å². The quantitative estimate of drug-likeness (QED) is 0.370. The number of hydrogen-bond acceptors (Lipinski definition) is 7. The summed E-state index contributed by atoms with van der Waals surface area (Å²) in [6.45, 7) is 2.04. The van der Waals surface area contributed by atoms with Gasteiger partial charge in [-0.1, -0.05) is 31.9 Å². The SMILES string of the molecule is CC(C)CN(C1CCC1)[C@@H](CNC(=O)c1ccc(Cl)s1)C(=O)Nc1ccc(N2CCOCC2=O)cc1OC(F)F. The van der Waals surface area contributed by atoms with Gasteiger partial charge in [0.2, 0.25) is 5.91 Å². The highest BCUT2D eigenvalue weighted by Gasteiger charge is 2.36. The molecule has 2 N–H and O–H groups in total. The van der Waals surface area contributed by atoms with Crippen molar-refractivity contribution >= 4 is 52.0 Å². The van der Waals surface area contributed by atoms with E-state index in [2.05, 4.69) is 15.5 Å². The maximum absolute atomic E-state index is 13.8. The first kappa shape index (κ1) is 30.2. The highest BCUT2D eigenvalue weighted by atomic mass is 35.5. The van der Waals surface area contributed by atoms with Gasteiger partial charge in [-0.05, 0) is 43.0 Å². The largest absolute Gasteiger partial charge is 0.433 e. The summed E-state index contributed by atoms with van der Waals surface area (Å²) in [6, 6.07) is 6.94. The molecular weight excluding hydrogens is 566 g/mol. The molecule has 1 atom stereocenters. The van der Waals surface area contributed by atoms with E-state index < -0.39 is 18.6 Å². The molecule has 2 aromatic rings. The maximum Gasteiger partial charge on any atom is 0.387 e. The van der Waals surface area contributed by atoms with Crippen molar-refractivity contribution < 1.29 is 32.6 Å². The van der Waals surface area contributed by atoms with E-state index in [9.17, 15) is 23.2 Å². The molecule has 4 rings (SSSR count). The number of ether oxygens (including phenoxy) is 2. The first-order valence-electron chi connectivity index (χ1n) is 13.2. The van der Waals surface area contributed by atoms with Crippen LogP contribution in [0.4, 0.5) is 20.2 Å². The summed E-state index contributed by atoms with van der Waals surface area (Å²) in [7, 11) is 0. The molecule has 218 valence electrons. The lowest BCUT2D eigenvalue weighted by Crippen LogP contribution is -2.57. The minimum absolute atomic E-state index is 0.00874. The second-order valence-corrected chi connectivity index (χ2v) is 11.9. The number of carbonyl (C=O) groups is 3. The number of halogens is 3. The number of alkyl halides is 2. The Morgan fingerprint density at radius 3 is 2.62 bits per heavy atom. The number of nitrogens with one attached hydrogen (secondary N) is 2. The fourth-order valence-corrected chi connectivity index (χ4v) is 5.69. The van der Waals surface area contributed by atoms with Gasteiger partial charge in [0, 0.05) is 37.4 Å². The molecule has 1 aliphatic carbocycles. The van der Waals surface area contributed by atoms with Crippen molar-refractivity contribution in [3.05, 3.63) is 39.5 Å². The first-order valence-corrected chi connectivity index (χ1v) is 14.4. The molecule has 40 heavy (non-hydrogen) atoms. The molecule has 2 heterocycles. The van der Waals surface area contributed by atoms with Crippen LogP contribution in [0.2, 0.25) is 4.34 Å². The highest BCUT2D eigenvalue weighted by Crippen LogP contribution is 2.33. The number of carbonyl (C=O) groups excluding carboxylic acids is 3. The molecule has 13 heteroatoms. The van der Waals surface area contributed by atoms with Crippen molar-refractivity contribution in [1.29, 1.82) is 0 Å². The van der Waals surface area contributed by atoms with Crippen LogP contribution < -0.4 is 20.3 Å². The molecule has 1 aromatic heterocycles. The molecule has 3 amide bonds. The molecular formula is C27H33ClF2N4O5S. The van der Waals surface area contributed by atoms with Crippen LogP contribution in [0, 0.1) is 5.92 Å². The summed E-state index contributed by atoms with van der Waals surface area (Å²) < 4.78 is 37.1. The van der Waals surface area contributed by atoms with Gasteiger partial charge in [-0.25, -0.2) is 0 Å². The van der Waals surface area contributed by atoms with Crippen LogP contribution in [0.3, 0.4) is 0 Å². The van der Waals surface area contributed by atoms with Gasteiger partial charge in [0.25, 0.3) is 11.8 Å². The Balaban J connectivity index is 1.58. The standard InChI is InChI=1S/C27H33ClF2N4O5S/c1-16(2)14-34(17-4-3-5-17)20(13-31-26(37)22-8-9-23(28)40-22)25(36)32-19-7-6-18(12-21(19)39-27(29)30)33-10-11-38-15-24(33)35/h6-9,12,16-17,20,27H,3-5,10-11,13-15H2,1-2H3,(H,31,37)(H,32,36)/t20-/m0/s1. The van der Waals surface area contributed by atoms with Crippen LogP contribution in [0.15, 0.2) is 30.3 Å². The zero-order valence-corrected chi connectivity index (χ0v) is 23.9. The zero-order valence-electron chi connectivity index (χ0n) is 22.3. The predicted molar refractivity (Wildman–Crippen MR) is 150 cm³/mol. The monoisotopic (exact) mass is 598 g/mol. The number of anilines is 2. The van der Waals surface area contributed by atoms with Gasteiger partial charge < -0.3 is 25.0 Å². The Kier molecular flexibility index (Phi) is 10.3. The number of nitrogens with zero attached hydrogens (tertiary/aromatic N) is 2. The van der Waals surface area contributed by atoms with Gasteiger partial charge in [0.05, 0.1) is 21.5 Å².